The van der Waals surface area contributed by atoms with Crippen LogP contribution in [0.5, 0.6) is 0 Å². The summed E-state index contributed by atoms with van der Waals surface area (Å²) in [5.74, 6) is 0. The van der Waals surface area contributed by atoms with Crippen LogP contribution in [0.2, 0.25) is 44.8 Å². The minimum Gasteiger partial charge on any atom is -0.432 e. The van der Waals surface area contributed by atoms with Crippen LogP contribution < -0.4 is 0 Å². The van der Waals surface area contributed by atoms with E-state index in [0.29, 0.717) is 0 Å². The second-order valence-electron chi connectivity index (χ2n) is 10.5. The van der Waals surface area contributed by atoms with Gasteiger partial charge in [0.1, 0.15) is 0 Å². The van der Waals surface area contributed by atoms with Crippen LogP contribution in [0.25, 0.3) is 0 Å². The third-order valence-corrected chi connectivity index (χ3v) is 32.4. The summed E-state index contributed by atoms with van der Waals surface area (Å²) >= 11 is 0. The van der Waals surface area contributed by atoms with Crippen LogP contribution in [0.1, 0.15) is 152 Å². The van der Waals surface area contributed by atoms with E-state index in [-0.39, 0.29) is 74.3 Å². The second kappa shape index (κ2) is 36.1. The topological polar surface area (TPSA) is 95.8 Å². The van der Waals surface area contributed by atoms with E-state index in [1.54, 1.807) is 7.11 Å². The predicted octanol–water partition coefficient (Wildman–Crippen LogP) is 12.2. The summed E-state index contributed by atoms with van der Waals surface area (Å²) < 4.78 is 35.3. The molecule has 13 heteroatoms. The quantitative estimate of drug-likeness (QED) is 0.0834. The molecule has 8 nitrogen and oxygen atoms in total. The summed E-state index contributed by atoms with van der Waals surface area (Å²) in [6.07, 6.45) is 11.7. The monoisotopic (exact) mass is 749 g/mol. The van der Waals surface area contributed by atoms with E-state index in [1.807, 2.05) is 19.6 Å². The lowest BCUT2D eigenvalue weighted by Crippen LogP contribution is -2.68. The van der Waals surface area contributed by atoms with E-state index in [2.05, 4.69) is 26.9 Å². The minimum atomic E-state index is -3.78. The molecular formula is C32H96O8Si5. The third kappa shape index (κ3) is 29.4. The molecule has 0 heterocycles. The molecule has 0 rings (SSSR count). The van der Waals surface area contributed by atoms with Gasteiger partial charge < -0.3 is 35.2 Å². The van der Waals surface area contributed by atoms with Crippen molar-refractivity contribution in [3.8, 4) is 0 Å². The molecule has 0 bridgehead atoms. The molecule has 0 fully saturated rings. The molecule has 3 unspecified atom stereocenters. The summed E-state index contributed by atoms with van der Waals surface area (Å²) in [6, 6.07) is 1.75. The molecule has 292 valence electrons. The SMILES string of the molecule is C.C.C.C.C.C.C.C.C.C.CCCCCCCC[Si](C)(O[Si](C)(OC)O[Si](C)(C)O[Si](O)(OC)OC)[Si](C)(O)CCCCCC. The number of hydrogen-bond acceptors (Lipinski definition) is 8. The standard InChI is InChI=1S/C22H56O8Si5.10CH4/c1-11-13-15-17-18-20-22-33(9,32(8,23)21-19-16-14-12-2)30-34(10,25-3)28-31(6,7)29-35(24,26-4)27-5;;;;;;;;;;/h23-24H,11-22H2,1-10H3;10*1H4. The molecule has 0 saturated heterocycles. The molecule has 3 atom stereocenters. The van der Waals surface area contributed by atoms with Crippen molar-refractivity contribution in [3.05, 3.63) is 0 Å². The number of hydrogen-bond donors (Lipinski definition) is 2. The molecule has 0 aromatic rings. The average molecular weight is 750 g/mol. The van der Waals surface area contributed by atoms with Crippen molar-refractivity contribution in [2.45, 2.75) is 197 Å². The van der Waals surface area contributed by atoms with Gasteiger partial charge in [-0.05, 0) is 38.3 Å². The van der Waals surface area contributed by atoms with E-state index in [4.69, 9.17) is 25.6 Å². The van der Waals surface area contributed by atoms with E-state index in [0.717, 1.165) is 37.8 Å². The maximum atomic E-state index is 11.9. The van der Waals surface area contributed by atoms with Crippen LogP contribution in [0.3, 0.4) is 0 Å². The van der Waals surface area contributed by atoms with Gasteiger partial charge in [0.05, 0.1) is 0 Å². The molecule has 0 spiro atoms. The first-order chi connectivity index (χ1) is 16.2. The van der Waals surface area contributed by atoms with E-state index < -0.39 is 42.1 Å². The van der Waals surface area contributed by atoms with Crippen molar-refractivity contribution >= 4 is 42.1 Å². The Labute approximate surface area is 294 Å². The number of unbranched alkanes of at least 4 members (excludes halogenated alkanes) is 8. The van der Waals surface area contributed by atoms with Crippen molar-refractivity contribution in [1.29, 1.82) is 0 Å². The molecular weight excluding hydrogens is 653 g/mol. The summed E-state index contributed by atoms with van der Waals surface area (Å²) in [4.78, 5) is 22.4. The van der Waals surface area contributed by atoms with Crippen LogP contribution in [0, 0.1) is 0 Å². The van der Waals surface area contributed by atoms with Crippen molar-refractivity contribution in [2.24, 2.45) is 0 Å². The molecule has 0 aliphatic rings. The Balaban J connectivity index is -0.000000128. The Morgan fingerprint density at radius 1 is 0.444 bits per heavy atom. The highest BCUT2D eigenvalue weighted by atomic mass is 29.3. The fourth-order valence-corrected chi connectivity index (χ4v) is 28.3. The van der Waals surface area contributed by atoms with Crippen LogP contribution in [-0.4, -0.2) is 73.0 Å². The zero-order valence-corrected chi connectivity index (χ0v) is 29.3. The van der Waals surface area contributed by atoms with Gasteiger partial charge in [-0.1, -0.05) is 152 Å². The van der Waals surface area contributed by atoms with Gasteiger partial charge >= 0.3 is 26.4 Å². The lowest BCUT2D eigenvalue weighted by molar-refractivity contribution is 0.0577. The van der Waals surface area contributed by atoms with E-state index >= 15 is 0 Å². The number of rotatable bonds is 22. The fraction of sp³-hybridized carbons (Fsp3) is 1.00. The second-order valence-corrected chi connectivity index (χ2v) is 32.2. The van der Waals surface area contributed by atoms with Gasteiger partial charge in [0.25, 0.3) is 0 Å². The van der Waals surface area contributed by atoms with Gasteiger partial charge in [-0.2, -0.15) is 0 Å². The van der Waals surface area contributed by atoms with E-state index in [9.17, 15) is 9.59 Å². The third-order valence-electron chi connectivity index (χ3n) is 6.77. The first-order valence-corrected chi connectivity index (χ1v) is 26.4. The van der Waals surface area contributed by atoms with Gasteiger partial charge in [-0.15, -0.1) is 0 Å². The molecule has 0 aliphatic carbocycles. The highest BCUT2D eigenvalue weighted by Crippen LogP contribution is 2.34. The Morgan fingerprint density at radius 2 is 0.800 bits per heavy atom. The van der Waals surface area contributed by atoms with Crippen LogP contribution in [-0.2, 0) is 25.6 Å². The Bertz CT molecular complexity index is 574. The summed E-state index contributed by atoms with van der Waals surface area (Å²) in [7, 11) is -10.9. The summed E-state index contributed by atoms with van der Waals surface area (Å²) in [5.41, 5.74) is 0. The molecule has 2 N–H and O–H groups in total. The maximum absolute atomic E-state index is 11.9. The van der Waals surface area contributed by atoms with Gasteiger partial charge in [-0.3, -0.25) is 0 Å². The lowest BCUT2D eigenvalue weighted by Gasteiger charge is -2.45. The Morgan fingerprint density at radius 3 is 1.18 bits per heavy atom. The first kappa shape index (κ1) is 75.9. The average Bonchev–Trinajstić information content (AvgIpc) is 2.78. The van der Waals surface area contributed by atoms with Gasteiger partial charge in [0.15, 0.2) is 7.83 Å². The summed E-state index contributed by atoms with van der Waals surface area (Å²) in [5, 5.41) is 0. The fourth-order valence-electron chi connectivity index (χ4n) is 4.29. The molecule has 0 saturated carbocycles. The largest absolute Gasteiger partial charge is 0.667 e. The molecule has 45 heavy (non-hydrogen) atoms. The zero-order chi connectivity index (χ0) is 27.2. The van der Waals surface area contributed by atoms with Gasteiger partial charge in [0.2, 0.25) is 7.83 Å². The lowest BCUT2D eigenvalue weighted by atomic mass is 10.1. The Kier molecular flexibility index (Phi) is 60.8. The molecule has 0 aromatic carbocycles. The molecule has 0 radical (unpaired) electrons. The van der Waals surface area contributed by atoms with E-state index in [1.165, 1.54) is 52.7 Å². The first-order valence-electron chi connectivity index (χ1n) is 13.4. The van der Waals surface area contributed by atoms with Gasteiger partial charge in [0, 0.05) is 27.9 Å². The minimum absolute atomic E-state index is 0. The molecule has 0 aromatic heterocycles. The van der Waals surface area contributed by atoms with Crippen molar-refractivity contribution < 1.29 is 35.2 Å². The molecule has 0 amide bonds. The summed E-state index contributed by atoms with van der Waals surface area (Å²) in [6.45, 7) is 14.2. The van der Waals surface area contributed by atoms with Crippen LogP contribution in [0.4, 0.5) is 0 Å². The van der Waals surface area contributed by atoms with Crippen molar-refractivity contribution in [1.82, 2.24) is 0 Å². The predicted molar refractivity (Wildman–Crippen MR) is 221 cm³/mol. The van der Waals surface area contributed by atoms with Crippen molar-refractivity contribution in [2.75, 3.05) is 21.3 Å². The zero-order valence-electron chi connectivity index (χ0n) is 24.3. The van der Waals surface area contributed by atoms with Crippen LogP contribution in [0.15, 0.2) is 0 Å². The maximum Gasteiger partial charge on any atom is 0.667 e. The normalized spacial score (nSPS) is 14.1. The molecule has 0 aliphatic heterocycles. The smallest absolute Gasteiger partial charge is 0.432 e. The highest BCUT2D eigenvalue weighted by Gasteiger charge is 2.57. The van der Waals surface area contributed by atoms with Gasteiger partial charge in [-0.25, -0.2) is 0 Å². The van der Waals surface area contributed by atoms with Crippen LogP contribution >= 0.6 is 0 Å². The Hall–Kier alpha value is 0.764. The van der Waals surface area contributed by atoms with Crippen molar-refractivity contribution in [3.63, 3.8) is 0 Å². The highest BCUT2D eigenvalue weighted by molar-refractivity contribution is 7.37.